The lowest BCUT2D eigenvalue weighted by molar-refractivity contribution is 0.0851. The van der Waals surface area contributed by atoms with Crippen LogP contribution in [0.2, 0.25) is 0 Å². The Hall–Kier alpha value is -5.34. The summed E-state index contributed by atoms with van der Waals surface area (Å²) in [6.07, 6.45) is -1.28. The first-order valence-electron chi connectivity index (χ1n) is 12.4. The molecule has 14 heteroatoms. The van der Waals surface area contributed by atoms with Crippen molar-refractivity contribution >= 4 is 39.8 Å². The van der Waals surface area contributed by atoms with E-state index in [2.05, 4.69) is 20.4 Å². The van der Waals surface area contributed by atoms with Gasteiger partial charge < -0.3 is 34.9 Å². The second-order valence-electron chi connectivity index (χ2n) is 8.58. The zero-order valence-corrected chi connectivity index (χ0v) is 23.5. The summed E-state index contributed by atoms with van der Waals surface area (Å²) in [6, 6.07) is 19.3. The van der Waals surface area contributed by atoms with E-state index in [0.29, 0.717) is 38.5 Å². The number of thiazole rings is 1. The first-order chi connectivity index (χ1) is 20.4. The van der Waals surface area contributed by atoms with Crippen LogP contribution in [0.3, 0.4) is 0 Å². The summed E-state index contributed by atoms with van der Waals surface area (Å²) in [7, 11) is 4.58. The standard InChI is InChI=1S/C28H26N6O7S/c1-37-20-13-18(14-21(38-2)22(20)39-3)30-27-31-24(29)23(42-27)26-32-25(33-41-26)17-10-7-11-19(12-17)34(28(35)36)40-15-16-8-5-4-6-9-16/h4-14H,15,29H2,1-3H3,(H,30,31)(H,35,36). The molecular weight excluding hydrogens is 564 g/mol. The van der Waals surface area contributed by atoms with E-state index in [1.54, 1.807) is 36.4 Å². The van der Waals surface area contributed by atoms with Gasteiger partial charge in [0.25, 0.3) is 5.89 Å². The third-order valence-electron chi connectivity index (χ3n) is 5.91. The lowest BCUT2D eigenvalue weighted by Gasteiger charge is -2.19. The van der Waals surface area contributed by atoms with E-state index >= 15 is 0 Å². The number of nitrogens with two attached hydrogens (primary N) is 1. The van der Waals surface area contributed by atoms with Gasteiger partial charge in [-0.15, -0.1) is 0 Å². The summed E-state index contributed by atoms with van der Waals surface area (Å²) in [4.78, 5) is 26.8. The van der Waals surface area contributed by atoms with Gasteiger partial charge in [0, 0.05) is 23.4 Å². The van der Waals surface area contributed by atoms with Crippen LogP contribution in [0, 0.1) is 0 Å². The van der Waals surface area contributed by atoms with Crippen molar-refractivity contribution in [1.29, 1.82) is 0 Å². The Labute approximate surface area is 244 Å². The minimum atomic E-state index is -1.28. The van der Waals surface area contributed by atoms with Crippen molar-refractivity contribution in [2.45, 2.75) is 6.61 Å². The Kier molecular flexibility index (Phi) is 8.36. The number of methoxy groups -OCH3 is 3. The molecular formula is C28H26N6O7S. The number of aromatic nitrogens is 3. The van der Waals surface area contributed by atoms with E-state index in [-0.39, 0.29) is 29.8 Å². The number of anilines is 4. The van der Waals surface area contributed by atoms with E-state index in [1.807, 2.05) is 30.3 Å². The molecule has 0 aliphatic carbocycles. The van der Waals surface area contributed by atoms with Gasteiger partial charge in [0.05, 0.1) is 27.0 Å². The summed E-state index contributed by atoms with van der Waals surface area (Å²) < 4.78 is 21.7. The number of nitrogen functional groups attached to an aromatic ring is 1. The molecule has 13 nitrogen and oxygen atoms in total. The van der Waals surface area contributed by atoms with Crippen molar-refractivity contribution in [3.63, 3.8) is 0 Å². The largest absolute Gasteiger partial charge is 0.493 e. The van der Waals surface area contributed by atoms with Crippen LogP contribution in [0.15, 0.2) is 71.3 Å². The Morgan fingerprint density at radius 3 is 2.40 bits per heavy atom. The average molecular weight is 591 g/mol. The number of hydrogen-bond acceptors (Lipinski definition) is 12. The Balaban J connectivity index is 1.36. The Bertz CT molecular complexity index is 1670. The predicted octanol–water partition coefficient (Wildman–Crippen LogP) is 5.83. The molecule has 3 aromatic carbocycles. The zero-order chi connectivity index (χ0) is 29.6. The highest BCUT2D eigenvalue weighted by Crippen LogP contribution is 2.42. The van der Waals surface area contributed by atoms with Crippen LogP contribution in [0.5, 0.6) is 17.2 Å². The van der Waals surface area contributed by atoms with Crippen LogP contribution in [0.4, 0.5) is 27.1 Å². The molecule has 0 saturated heterocycles. The number of ether oxygens (including phenoxy) is 3. The maximum atomic E-state index is 11.9. The number of carbonyl (C=O) groups is 1. The molecule has 0 fully saturated rings. The molecule has 4 N–H and O–H groups in total. The fraction of sp³-hybridized carbons (Fsp3) is 0.143. The highest BCUT2D eigenvalue weighted by molar-refractivity contribution is 7.19. The van der Waals surface area contributed by atoms with Crippen LogP contribution >= 0.6 is 11.3 Å². The normalized spacial score (nSPS) is 10.7. The summed E-state index contributed by atoms with van der Waals surface area (Å²) in [5.41, 5.74) is 8.42. The molecule has 0 bridgehead atoms. The van der Waals surface area contributed by atoms with Crippen molar-refractivity contribution in [1.82, 2.24) is 15.1 Å². The van der Waals surface area contributed by atoms with Gasteiger partial charge in [-0.1, -0.05) is 59.0 Å². The van der Waals surface area contributed by atoms with Crippen molar-refractivity contribution in [3.05, 3.63) is 72.3 Å². The lowest BCUT2D eigenvalue weighted by atomic mass is 10.2. The van der Waals surface area contributed by atoms with Crippen LogP contribution in [0.25, 0.3) is 22.2 Å². The van der Waals surface area contributed by atoms with Gasteiger partial charge in [-0.2, -0.15) is 10.0 Å². The quantitative estimate of drug-likeness (QED) is 0.158. The van der Waals surface area contributed by atoms with E-state index in [1.165, 1.54) is 32.7 Å². The topological polar surface area (TPSA) is 167 Å². The fourth-order valence-corrected chi connectivity index (χ4v) is 4.80. The number of benzene rings is 3. The summed E-state index contributed by atoms with van der Waals surface area (Å²) in [5, 5.41) is 18.2. The number of hydrogen-bond donors (Lipinski definition) is 3. The van der Waals surface area contributed by atoms with Gasteiger partial charge in [-0.3, -0.25) is 4.84 Å². The van der Waals surface area contributed by atoms with E-state index in [4.69, 9.17) is 29.3 Å². The molecule has 0 saturated carbocycles. The van der Waals surface area contributed by atoms with E-state index in [0.717, 1.165) is 10.6 Å². The molecule has 0 aliphatic heterocycles. The van der Waals surface area contributed by atoms with Crippen LogP contribution in [-0.4, -0.2) is 47.7 Å². The number of nitrogens with zero attached hydrogens (tertiary/aromatic N) is 4. The molecule has 0 aliphatic rings. The average Bonchev–Trinajstić information content (AvgIpc) is 3.63. The van der Waals surface area contributed by atoms with Gasteiger partial charge in [0.1, 0.15) is 17.3 Å². The number of hydroxylamine groups is 1. The maximum Gasteiger partial charge on any atom is 0.436 e. The lowest BCUT2D eigenvalue weighted by Crippen LogP contribution is -2.29. The van der Waals surface area contributed by atoms with E-state index < -0.39 is 6.09 Å². The molecule has 42 heavy (non-hydrogen) atoms. The number of amides is 1. The zero-order valence-electron chi connectivity index (χ0n) is 22.7. The van der Waals surface area contributed by atoms with Crippen LogP contribution in [-0.2, 0) is 11.4 Å². The molecule has 0 spiro atoms. The first-order valence-corrected chi connectivity index (χ1v) is 13.2. The predicted molar refractivity (Wildman–Crippen MR) is 156 cm³/mol. The highest BCUT2D eigenvalue weighted by atomic mass is 32.1. The molecule has 5 rings (SSSR count). The molecule has 1 amide bonds. The third-order valence-corrected chi connectivity index (χ3v) is 6.88. The molecule has 2 heterocycles. The van der Waals surface area contributed by atoms with E-state index in [9.17, 15) is 9.90 Å². The fourth-order valence-electron chi connectivity index (χ4n) is 3.97. The van der Waals surface area contributed by atoms with Crippen molar-refractivity contribution < 1.29 is 33.5 Å². The molecule has 216 valence electrons. The van der Waals surface area contributed by atoms with Crippen LogP contribution < -0.4 is 30.3 Å². The van der Waals surface area contributed by atoms with Gasteiger partial charge in [0.2, 0.25) is 11.6 Å². The molecule has 0 radical (unpaired) electrons. The summed E-state index contributed by atoms with van der Waals surface area (Å²) >= 11 is 1.21. The second kappa shape index (κ2) is 12.4. The number of rotatable bonds is 11. The second-order valence-corrected chi connectivity index (χ2v) is 9.58. The van der Waals surface area contributed by atoms with Gasteiger partial charge in [-0.05, 0) is 17.7 Å². The minimum Gasteiger partial charge on any atom is -0.493 e. The van der Waals surface area contributed by atoms with Crippen molar-refractivity contribution in [3.8, 4) is 39.4 Å². The van der Waals surface area contributed by atoms with Crippen molar-refractivity contribution in [2.75, 3.05) is 37.4 Å². The first kappa shape index (κ1) is 28.2. The number of carboxylic acid groups (broad SMARTS) is 1. The number of nitrogens with one attached hydrogen (secondary N) is 1. The molecule has 0 atom stereocenters. The summed E-state index contributed by atoms with van der Waals surface area (Å²) in [6.45, 7) is 0.0703. The Morgan fingerprint density at radius 1 is 1.00 bits per heavy atom. The molecule has 0 unspecified atom stereocenters. The van der Waals surface area contributed by atoms with Gasteiger partial charge >= 0.3 is 6.09 Å². The molecule has 5 aromatic rings. The van der Waals surface area contributed by atoms with Gasteiger partial charge in [0.15, 0.2) is 16.6 Å². The minimum absolute atomic E-state index is 0.0703. The maximum absolute atomic E-state index is 11.9. The third kappa shape index (κ3) is 6.04. The molecule has 2 aromatic heterocycles. The monoisotopic (exact) mass is 590 g/mol. The van der Waals surface area contributed by atoms with Crippen molar-refractivity contribution in [2.24, 2.45) is 0 Å². The SMILES string of the molecule is COc1cc(Nc2nc(N)c(-c3nc(-c4cccc(N(OCc5ccccc5)C(=O)O)c4)no3)s2)cc(OC)c1OC. The van der Waals surface area contributed by atoms with Gasteiger partial charge in [-0.25, -0.2) is 9.78 Å². The summed E-state index contributed by atoms with van der Waals surface area (Å²) in [5.74, 6) is 1.97. The Morgan fingerprint density at radius 2 is 1.74 bits per heavy atom. The smallest absolute Gasteiger partial charge is 0.436 e. The highest BCUT2D eigenvalue weighted by Gasteiger charge is 2.21. The van der Waals surface area contributed by atoms with Crippen LogP contribution in [0.1, 0.15) is 5.56 Å².